The predicted octanol–water partition coefficient (Wildman–Crippen LogP) is 4.04. The molecule has 0 radical (unpaired) electrons. The van der Waals surface area contributed by atoms with Crippen LogP contribution in [0.25, 0.3) is 15.9 Å². The normalized spacial score (nSPS) is 19.1. The SMILES string of the molecule is Cc1cncc(-n2cc(Nc3nc(N[C@H]4CC[C@H](O)CC4)c4sccc4n3)cn2)c1. The van der Waals surface area contributed by atoms with Gasteiger partial charge in [-0.3, -0.25) is 4.98 Å². The van der Waals surface area contributed by atoms with Crippen molar-refractivity contribution in [2.45, 2.75) is 44.8 Å². The fraction of sp³-hybridized carbons (Fsp3) is 0.333. The van der Waals surface area contributed by atoms with Crippen molar-refractivity contribution < 1.29 is 5.11 Å². The summed E-state index contributed by atoms with van der Waals surface area (Å²) < 4.78 is 2.83. The molecule has 0 atom stereocenters. The highest BCUT2D eigenvalue weighted by molar-refractivity contribution is 7.17. The summed E-state index contributed by atoms with van der Waals surface area (Å²) in [4.78, 5) is 13.6. The van der Waals surface area contributed by atoms with Crippen LogP contribution in [0.1, 0.15) is 31.2 Å². The highest BCUT2D eigenvalue weighted by Gasteiger charge is 2.21. The number of pyridine rings is 1. The second-order valence-electron chi connectivity index (χ2n) is 7.70. The number of rotatable bonds is 5. The Balaban J connectivity index is 1.38. The summed E-state index contributed by atoms with van der Waals surface area (Å²) >= 11 is 1.63. The van der Waals surface area contributed by atoms with E-state index in [1.54, 1.807) is 28.4 Å². The van der Waals surface area contributed by atoms with Crippen LogP contribution in [0.5, 0.6) is 0 Å². The van der Waals surface area contributed by atoms with E-state index in [4.69, 9.17) is 4.98 Å². The molecule has 0 spiro atoms. The van der Waals surface area contributed by atoms with Gasteiger partial charge in [-0.05, 0) is 55.7 Å². The number of anilines is 3. The number of hydrogen-bond donors (Lipinski definition) is 3. The topological polar surface area (TPSA) is 101 Å². The maximum atomic E-state index is 9.77. The van der Waals surface area contributed by atoms with E-state index in [9.17, 15) is 5.11 Å². The molecular formula is C21H23N7OS. The molecule has 8 nitrogen and oxygen atoms in total. The summed E-state index contributed by atoms with van der Waals surface area (Å²) in [5, 5.41) is 23.1. The molecule has 0 amide bonds. The van der Waals surface area contributed by atoms with Gasteiger partial charge in [-0.1, -0.05) is 0 Å². The standard InChI is InChI=1S/C21H23N7OS/c1-13-8-16(11-22-9-13)28-12-15(10-23-28)25-21-26-18-6-7-30-19(18)20(27-21)24-14-2-4-17(29)5-3-14/h6-12,14,17,29H,2-5H2,1H3,(H2,24,25,26,27)/t14-,17-. The number of nitrogens with one attached hydrogen (secondary N) is 2. The summed E-state index contributed by atoms with van der Waals surface area (Å²) in [5.41, 5.74) is 3.69. The van der Waals surface area contributed by atoms with Gasteiger partial charge in [0.15, 0.2) is 0 Å². The van der Waals surface area contributed by atoms with Gasteiger partial charge in [-0.25, -0.2) is 9.67 Å². The average molecular weight is 422 g/mol. The fourth-order valence-electron chi connectivity index (χ4n) is 3.75. The maximum absolute atomic E-state index is 9.77. The van der Waals surface area contributed by atoms with Crippen LogP contribution in [-0.2, 0) is 0 Å². The highest BCUT2D eigenvalue weighted by Crippen LogP contribution is 2.31. The molecule has 0 unspecified atom stereocenters. The zero-order chi connectivity index (χ0) is 20.5. The maximum Gasteiger partial charge on any atom is 0.229 e. The molecule has 5 rings (SSSR count). The number of thiophene rings is 1. The lowest BCUT2D eigenvalue weighted by Crippen LogP contribution is -2.28. The van der Waals surface area contributed by atoms with Crippen molar-refractivity contribution in [2.24, 2.45) is 0 Å². The molecule has 0 bridgehead atoms. The predicted molar refractivity (Wildman–Crippen MR) is 119 cm³/mol. The largest absolute Gasteiger partial charge is 0.393 e. The number of nitrogens with zero attached hydrogens (tertiary/aromatic N) is 5. The van der Waals surface area contributed by atoms with Crippen LogP contribution in [0.15, 0.2) is 42.3 Å². The first-order valence-electron chi connectivity index (χ1n) is 10.1. The van der Waals surface area contributed by atoms with Crippen molar-refractivity contribution in [3.8, 4) is 5.69 Å². The average Bonchev–Trinajstić information content (AvgIpc) is 3.39. The van der Waals surface area contributed by atoms with E-state index < -0.39 is 0 Å². The Labute approximate surface area is 178 Å². The zero-order valence-corrected chi connectivity index (χ0v) is 17.4. The van der Waals surface area contributed by atoms with Crippen molar-refractivity contribution in [2.75, 3.05) is 10.6 Å². The van der Waals surface area contributed by atoms with E-state index in [0.717, 1.165) is 58.7 Å². The van der Waals surface area contributed by atoms with Crippen LogP contribution in [0.3, 0.4) is 0 Å². The number of hydrogen-bond acceptors (Lipinski definition) is 8. The van der Waals surface area contributed by atoms with E-state index in [0.29, 0.717) is 12.0 Å². The van der Waals surface area contributed by atoms with E-state index in [1.807, 2.05) is 36.8 Å². The smallest absolute Gasteiger partial charge is 0.229 e. The minimum absolute atomic E-state index is 0.174. The number of aliphatic hydroxyl groups excluding tert-OH is 1. The van der Waals surface area contributed by atoms with E-state index in [-0.39, 0.29) is 6.10 Å². The van der Waals surface area contributed by atoms with Gasteiger partial charge in [0, 0.05) is 12.2 Å². The molecule has 1 saturated carbocycles. The van der Waals surface area contributed by atoms with Gasteiger partial charge in [0.05, 0.1) is 46.3 Å². The summed E-state index contributed by atoms with van der Waals surface area (Å²) in [5.74, 6) is 1.37. The lowest BCUT2D eigenvalue weighted by molar-refractivity contribution is 0.126. The molecule has 4 heterocycles. The van der Waals surface area contributed by atoms with Crippen LogP contribution < -0.4 is 10.6 Å². The summed E-state index contributed by atoms with van der Waals surface area (Å²) in [6, 6.07) is 4.35. The van der Waals surface area contributed by atoms with Crippen LogP contribution in [0.4, 0.5) is 17.5 Å². The third-order valence-corrected chi connectivity index (χ3v) is 6.22. The van der Waals surface area contributed by atoms with Crippen molar-refractivity contribution in [3.05, 3.63) is 47.9 Å². The van der Waals surface area contributed by atoms with E-state index in [2.05, 4.69) is 25.7 Å². The Morgan fingerprint density at radius 2 is 2.00 bits per heavy atom. The van der Waals surface area contributed by atoms with Gasteiger partial charge >= 0.3 is 0 Å². The Morgan fingerprint density at radius 3 is 2.83 bits per heavy atom. The molecule has 1 fully saturated rings. The van der Waals surface area contributed by atoms with Gasteiger partial charge < -0.3 is 15.7 Å². The Morgan fingerprint density at radius 1 is 1.13 bits per heavy atom. The van der Waals surface area contributed by atoms with Gasteiger partial charge in [-0.15, -0.1) is 11.3 Å². The Hall–Kier alpha value is -3.04. The molecular weight excluding hydrogens is 398 g/mol. The molecule has 4 aromatic heterocycles. The molecule has 9 heteroatoms. The molecule has 4 aromatic rings. The molecule has 0 saturated heterocycles. The zero-order valence-electron chi connectivity index (χ0n) is 16.6. The molecule has 0 aromatic carbocycles. The van der Waals surface area contributed by atoms with Crippen molar-refractivity contribution >= 4 is 39.0 Å². The molecule has 154 valence electrons. The molecule has 1 aliphatic carbocycles. The van der Waals surface area contributed by atoms with Crippen LogP contribution in [-0.4, -0.2) is 42.0 Å². The van der Waals surface area contributed by atoms with Crippen LogP contribution in [0.2, 0.25) is 0 Å². The van der Waals surface area contributed by atoms with Crippen LogP contribution in [0, 0.1) is 6.92 Å². The lowest BCUT2D eigenvalue weighted by Gasteiger charge is -2.26. The van der Waals surface area contributed by atoms with E-state index in [1.165, 1.54) is 0 Å². The molecule has 30 heavy (non-hydrogen) atoms. The number of aryl methyl sites for hydroxylation is 1. The van der Waals surface area contributed by atoms with Gasteiger partial charge in [0.2, 0.25) is 5.95 Å². The highest BCUT2D eigenvalue weighted by atomic mass is 32.1. The second kappa shape index (κ2) is 8.00. The fourth-order valence-corrected chi connectivity index (χ4v) is 4.54. The summed E-state index contributed by atoms with van der Waals surface area (Å²) in [7, 11) is 0. The third kappa shape index (κ3) is 3.99. The lowest BCUT2D eigenvalue weighted by atomic mass is 9.93. The van der Waals surface area contributed by atoms with Gasteiger partial charge in [0.25, 0.3) is 0 Å². The first kappa shape index (κ1) is 19.0. The summed E-state index contributed by atoms with van der Waals surface area (Å²) in [6.07, 6.45) is 10.6. The Bertz CT molecular complexity index is 1160. The first-order chi connectivity index (χ1) is 14.6. The van der Waals surface area contributed by atoms with Gasteiger partial charge in [-0.2, -0.15) is 10.1 Å². The van der Waals surface area contributed by atoms with Crippen LogP contribution >= 0.6 is 11.3 Å². The molecule has 3 N–H and O–H groups in total. The monoisotopic (exact) mass is 421 g/mol. The Kier molecular flexibility index (Phi) is 5.06. The quantitative estimate of drug-likeness (QED) is 0.447. The van der Waals surface area contributed by atoms with Crippen molar-refractivity contribution in [1.29, 1.82) is 0 Å². The van der Waals surface area contributed by atoms with Gasteiger partial charge in [0.1, 0.15) is 5.82 Å². The molecule has 1 aliphatic rings. The van der Waals surface area contributed by atoms with Crippen molar-refractivity contribution in [1.82, 2.24) is 24.7 Å². The minimum atomic E-state index is -0.174. The summed E-state index contributed by atoms with van der Waals surface area (Å²) in [6.45, 7) is 2.00. The number of aliphatic hydroxyl groups is 1. The second-order valence-corrected chi connectivity index (χ2v) is 8.62. The number of aromatic nitrogens is 5. The minimum Gasteiger partial charge on any atom is -0.393 e. The van der Waals surface area contributed by atoms with E-state index >= 15 is 0 Å². The third-order valence-electron chi connectivity index (χ3n) is 5.30. The molecule has 0 aliphatic heterocycles. The number of fused-ring (bicyclic) bond motifs is 1. The first-order valence-corrected chi connectivity index (χ1v) is 11.0. The van der Waals surface area contributed by atoms with Crippen molar-refractivity contribution in [3.63, 3.8) is 0 Å².